The van der Waals surface area contributed by atoms with Gasteiger partial charge in [0.15, 0.2) is 5.78 Å². The van der Waals surface area contributed by atoms with Gasteiger partial charge in [0.1, 0.15) is 10.6 Å². The normalized spacial score (nSPS) is 15.2. The SMILES string of the molecule is Cc1nc2c(s1)C(=O)C=C(NCC(C)(C)CN(C)C)C2=O. The molecule has 0 atom stereocenters. The molecule has 5 nitrogen and oxygen atoms in total. The number of fused-ring (bicyclic) bond motifs is 1. The van der Waals surface area contributed by atoms with Gasteiger partial charge in [-0.1, -0.05) is 13.8 Å². The molecule has 0 saturated carbocycles. The van der Waals surface area contributed by atoms with E-state index in [-0.39, 0.29) is 22.7 Å². The average Bonchev–Trinajstić information content (AvgIpc) is 2.73. The second-order valence-corrected chi connectivity index (χ2v) is 7.62. The molecule has 0 unspecified atom stereocenters. The third-order valence-corrected chi connectivity index (χ3v) is 4.18. The Kier molecular flexibility index (Phi) is 4.30. The Morgan fingerprint density at radius 2 is 2.00 bits per heavy atom. The van der Waals surface area contributed by atoms with Crippen molar-refractivity contribution in [2.75, 3.05) is 27.2 Å². The summed E-state index contributed by atoms with van der Waals surface area (Å²) in [6, 6.07) is 0. The zero-order valence-corrected chi connectivity index (χ0v) is 13.9. The van der Waals surface area contributed by atoms with Crippen LogP contribution in [0.1, 0.15) is 39.0 Å². The monoisotopic (exact) mass is 307 g/mol. The highest BCUT2D eigenvalue weighted by Crippen LogP contribution is 2.26. The molecule has 0 aliphatic heterocycles. The third kappa shape index (κ3) is 3.57. The van der Waals surface area contributed by atoms with Crippen molar-refractivity contribution in [1.82, 2.24) is 15.2 Å². The van der Waals surface area contributed by atoms with Crippen molar-refractivity contribution in [3.63, 3.8) is 0 Å². The lowest BCUT2D eigenvalue weighted by Gasteiger charge is -2.29. The molecular formula is C15H21N3O2S. The van der Waals surface area contributed by atoms with Gasteiger partial charge in [-0.2, -0.15) is 0 Å². The largest absolute Gasteiger partial charge is 0.381 e. The number of nitrogens with zero attached hydrogens (tertiary/aromatic N) is 2. The zero-order valence-electron chi connectivity index (χ0n) is 13.1. The van der Waals surface area contributed by atoms with Crippen molar-refractivity contribution >= 4 is 22.9 Å². The number of carbonyl (C=O) groups excluding carboxylic acids is 2. The van der Waals surface area contributed by atoms with Crippen LogP contribution < -0.4 is 5.32 Å². The van der Waals surface area contributed by atoms with Crippen LogP contribution in [0.4, 0.5) is 0 Å². The molecule has 1 aliphatic rings. The van der Waals surface area contributed by atoms with Crippen molar-refractivity contribution in [2.45, 2.75) is 20.8 Å². The number of ketones is 2. The lowest BCUT2D eigenvalue weighted by atomic mass is 9.92. The van der Waals surface area contributed by atoms with E-state index in [0.29, 0.717) is 17.1 Å². The van der Waals surface area contributed by atoms with E-state index in [9.17, 15) is 9.59 Å². The summed E-state index contributed by atoms with van der Waals surface area (Å²) >= 11 is 1.28. The highest BCUT2D eigenvalue weighted by molar-refractivity contribution is 7.14. The maximum Gasteiger partial charge on any atom is 0.228 e. The summed E-state index contributed by atoms with van der Waals surface area (Å²) in [5.74, 6) is -0.322. The molecule has 1 aliphatic carbocycles. The second-order valence-electron chi connectivity index (χ2n) is 6.42. The van der Waals surface area contributed by atoms with Crippen LogP contribution in [-0.2, 0) is 0 Å². The van der Waals surface area contributed by atoms with E-state index in [1.807, 2.05) is 14.1 Å². The molecule has 2 rings (SSSR count). The number of hydrogen-bond acceptors (Lipinski definition) is 6. The Morgan fingerprint density at radius 3 is 2.62 bits per heavy atom. The molecular weight excluding hydrogens is 286 g/mol. The summed E-state index contributed by atoms with van der Waals surface area (Å²) in [4.78, 5) is 31.2. The number of aryl methyl sites for hydroxylation is 1. The van der Waals surface area contributed by atoms with Crippen LogP contribution in [0.5, 0.6) is 0 Å². The molecule has 1 N–H and O–H groups in total. The van der Waals surface area contributed by atoms with Crippen LogP contribution in [0, 0.1) is 12.3 Å². The van der Waals surface area contributed by atoms with Crippen molar-refractivity contribution in [3.8, 4) is 0 Å². The van der Waals surface area contributed by atoms with Gasteiger partial charge in [0, 0.05) is 19.2 Å². The number of aromatic nitrogens is 1. The summed E-state index contributed by atoms with van der Waals surface area (Å²) in [5.41, 5.74) is 0.633. The fourth-order valence-corrected chi connectivity index (χ4v) is 3.34. The summed E-state index contributed by atoms with van der Waals surface area (Å²) in [7, 11) is 4.03. The van der Waals surface area contributed by atoms with Crippen LogP contribution in [0.3, 0.4) is 0 Å². The maximum absolute atomic E-state index is 12.4. The minimum atomic E-state index is -0.186. The summed E-state index contributed by atoms with van der Waals surface area (Å²) in [6.45, 7) is 7.55. The smallest absolute Gasteiger partial charge is 0.228 e. The first-order chi connectivity index (χ1) is 9.69. The Bertz CT molecular complexity index is 614. The van der Waals surface area contributed by atoms with Crippen LogP contribution in [0.25, 0.3) is 0 Å². The van der Waals surface area contributed by atoms with E-state index >= 15 is 0 Å². The Labute approximate surface area is 129 Å². The molecule has 21 heavy (non-hydrogen) atoms. The number of thiazole rings is 1. The fraction of sp³-hybridized carbons (Fsp3) is 0.533. The number of allylic oxidation sites excluding steroid dienone is 2. The standard InChI is InChI=1S/C15H21N3O2S/c1-9-17-12-13(20)10(6-11(19)14(12)21-9)16-7-15(2,3)8-18(4)5/h6,16H,7-8H2,1-5H3. The molecule has 0 fully saturated rings. The second kappa shape index (κ2) is 5.69. The number of Topliss-reactive ketones (excluding diaryl/α,β-unsaturated/α-hetero) is 1. The zero-order chi connectivity index (χ0) is 15.8. The maximum atomic E-state index is 12.4. The molecule has 114 valence electrons. The van der Waals surface area contributed by atoms with Gasteiger partial charge in [-0.15, -0.1) is 11.3 Å². The van der Waals surface area contributed by atoms with Crippen LogP contribution in [0.2, 0.25) is 0 Å². The van der Waals surface area contributed by atoms with Gasteiger partial charge in [0.25, 0.3) is 0 Å². The highest BCUT2D eigenvalue weighted by atomic mass is 32.1. The molecule has 0 aromatic carbocycles. The molecule has 0 amide bonds. The van der Waals surface area contributed by atoms with E-state index in [4.69, 9.17) is 0 Å². The first-order valence-electron chi connectivity index (χ1n) is 6.86. The number of hydrogen-bond donors (Lipinski definition) is 1. The van der Waals surface area contributed by atoms with Crippen LogP contribution >= 0.6 is 11.3 Å². The van der Waals surface area contributed by atoms with E-state index in [2.05, 4.69) is 29.0 Å². The van der Waals surface area contributed by atoms with Crippen LogP contribution in [0.15, 0.2) is 11.8 Å². The first-order valence-corrected chi connectivity index (χ1v) is 7.68. The molecule has 6 heteroatoms. The molecule has 0 bridgehead atoms. The van der Waals surface area contributed by atoms with E-state index < -0.39 is 0 Å². The van der Waals surface area contributed by atoms with E-state index in [0.717, 1.165) is 11.6 Å². The molecule has 0 radical (unpaired) electrons. The topological polar surface area (TPSA) is 62.3 Å². The van der Waals surface area contributed by atoms with Crippen molar-refractivity contribution in [3.05, 3.63) is 27.4 Å². The summed E-state index contributed by atoms with van der Waals surface area (Å²) in [5, 5.41) is 3.87. The third-order valence-electron chi connectivity index (χ3n) is 3.19. The van der Waals surface area contributed by atoms with Gasteiger partial charge in [0.2, 0.25) is 5.78 Å². The van der Waals surface area contributed by atoms with E-state index in [1.54, 1.807) is 6.92 Å². The number of rotatable bonds is 5. The van der Waals surface area contributed by atoms with Gasteiger partial charge >= 0.3 is 0 Å². The van der Waals surface area contributed by atoms with Crippen molar-refractivity contribution in [2.24, 2.45) is 5.41 Å². The van der Waals surface area contributed by atoms with Gasteiger partial charge in [-0.25, -0.2) is 4.98 Å². The van der Waals surface area contributed by atoms with Gasteiger partial charge in [0.05, 0.1) is 10.7 Å². The van der Waals surface area contributed by atoms with Gasteiger partial charge < -0.3 is 10.2 Å². The predicted molar refractivity (Wildman–Crippen MR) is 83.9 cm³/mol. The molecule has 0 spiro atoms. The molecule has 1 heterocycles. The molecule has 0 saturated heterocycles. The Hall–Kier alpha value is -1.53. The summed E-state index contributed by atoms with van der Waals surface area (Å²) < 4.78 is 0. The Balaban J connectivity index is 2.12. The lowest BCUT2D eigenvalue weighted by molar-refractivity contribution is 0.0974. The fourth-order valence-electron chi connectivity index (χ4n) is 2.52. The van der Waals surface area contributed by atoms with Crippen molar-refractivity contribution in [1.29, 1.82) is 0 Å². The summed E-state index contributed by atoms with van der Waals surface area (Å²) in [6.07, 6.45) is 1.40. The minimum Gasteiger partial charge on any atom is -0.381 e. The van der Waals surface area contributed by atoms with E-state index in [1.165, 1.54) is 17.4 Å². The lowest BCUT2D eigenvalue weighted by Crippen LogP contribution is -2.39. The quantitative estimate of drug-likeness (QED) is 0.900. The molecule has 1 aromatic rings. The predicted octanol–water partition coefficient (Wildman–Crippen LogP) is 1.89. The van der Waals surface area contributed by atoms with Crippen molar-refractivity contribution < 1.29 is 9.59 Å². The number of nitrogens with one attached hydrogen (secondary N) is 1. The minimum absolute atomic E-state index is 0.00800. The van der Waals surface area contributed by atoms with Crippen LogP contribution in [-0.4, -0.2) is 48.6 Å². The first kappa shape index (κ1) is 15.9. The van der Waals surface area contributed by atoms with Gasteiger partial charge in [-0.3, -0.25) is 9.59 Å². The Morgan fingerprint density at radius 1 is 1.33 bits per heavy atom. The number of carbonyl (C=O) groups is 2. The average molecular weight is 307 g/mol. The highest BCUT2D eigenvalue weighted by Gasteiger charge is 2.30. The van der Waals surface area contributed by atoms with Gasteiger partial charge in [-0.05, 0) is 26.4 Å². The molecule has 1 aromatic heterocycles.